The van der Waals surface area contributed by atoms with E-state index in [9.17, 15) is 5.11 Å². The molecule has 0 heterocycles. The zero-order valence-corrected chi connectivity index (χ0v) is 14.4. The summed E-state index contributed by atoms with van der Waals surface area (Å²) in [6.45, 7) is 14.8. The van der Waals surface area contributed by atoms with Crippen molar-refractivity contribution in [3.63, 3.8) is 0 Å². The maximum atomic E-state index is 9.98. The monoisotopic (exact) mass is 293 g/mol. The Hall–Kier alpha value is -1.06. The molecule has 0 spiro atoms. The third-order valence-electron chi connectivity index (χ3n) is 3.95. The zero-order valence-electron chi connectivity index (χ0n) is 14.4. The summed E-state index contributed by atoms with van der Waals surface area (Å²) in [5.74, 6) is 1.39. The van der Waals surface area contributed by atoms with Gasteiger partial charge in [0.15, 0.2) is 0 Å². The van der Waals surface area contributed by atoms with Crippen LogP contribution >= 0.6 is 0 Å². The summed E-state index contributed by atoms with van der Waals surface area (Å²) in [5, 5.41) is 13.3. The van der Waals surface area contributed by atoms with Crippen molar-refractivity contribution in [2.24, 2.45) is 11.3 Å². The Kier molecular flexibility index (Phi) is 6.69. The Morgan fingerprint density at radius 2 is 1.67 bits per heavy atom. The lowest BCUT2D eigenvalue weighted by Crippen LogP contribution is -2.36. The average molecular weight is 293 g/mol. The van der Waals surface area contributed by atoms with Crippen LogP contribution in [0.1, 0.15) is 38.8 Å². The molecule has 3 heteroatoms. The van der Waals surface area contributed by atoms with Crippen LogP contribution in [0.25, 0.3) is 0 Å². The number of aryl methyl sites for hydroxylation is 2. The molecule has 2 N–H and O–H groups in total. The van der Waals surface area contributed by atoms with Crippen molar-refractivity contribution in [1.29, 1.82) is 0 Å². The minimum atomic E-state index is -0.488. The Balaban J connectivity index is 2.29. The molecule has 0 aromatic heterocycles. The van der Waals surface area contributed by atoms with E-state index in [4.69, 9.17) is 4.74 Å². The molecule has 3 nitrogen and oxygen atoms in total. The summed E-state index contributed by atoms with van der Waals surface area (Å²) in [7, 11) is 0. The van der Waals surface area contributed by atoms with Gasteiger partial charge < -0.3 is 15.2 Å². The molecule has 2 unspecified atom stereocenters. The van der Waals surface area contributed by atoms with Gasteiger partial charge in [0.1, 0.15) is 18.5 Å². The van der Waals surface area contributed by atoms with Gasteiger partial charge in [0.25, 0.3) is 0 Å². The van der Waals surface area contributed by atoms with E-state index in [1.54, 1.807) is 0 Å². The fourth-order valence-electron chi connectivity index (χ4n) is 2.04. The molecule has 120 valence electrons. The highest BCUT2D eigenvalue weighted by molar-refractivity contribution is 5.32. The van der Waals surface area contributed by atoms with Gasteiger partial charge in [-0.15, -0.1) is 0 Å². The van der Waals surface area contributed by atoms with E-state index in [2.05, 4.69) is 39.1 Å². The molecule has 21 heavy (non-hydrogen) atoms. The maximum Gasteiger partial charge on any atom is 0.119 e. The van der Waals surface area contributed by atoms with E-state index < -0.39 is 6.10 Å². The molecule has 0 aliphatic rings. The van der Waals surface area contributed by atoms with Crippen molar-refractivity contribution in [3.05, 3.63) is 29.3 Å². The first-order valence-corrected chi connectivity index (χ1v) is 7.78. The zero-order chi connectivity index (χ0) is 16.0. The van der Waals surface area contributed by atoms with Gasteiger partial charge in [-0.2, -0.15) is 0 Å². The van der Waals surface area contributed by atoms with Crippen molar-refractivity contribution in [3.8, 4) is 5.75 Å². The van der Waals surface area contributed by atoms with Crippen LogP contribution in [0.4, 0.5) is 0 Å². The molecule has 0 aliphatic carbocycles. The molecule has 0 radical (unpaired) electrons. The maximum absolute atomic E-state index is 9.98. The Morgan fingerprint density at radius 3 is 2.19 bits per heavy atom. The van der Waals surface area contributed by atoms with Crippen LogP contribution in [0.3, 0.4) is 0 Å². The van der Waals surface area contributed by atoms with Gasteiger partial charge >= 0.3 is 0 Å². The van der Waals surface area contributed by atoms with Crippen LogP contribution in [-0.2, 0) is 0 Å². The van der Waals surface area contributed by atoms with Gasteiger partial charge in [0.05, 0.1) is 0 Å². The third kappa shape index (κ3) is 6.96. The molecule has 0 saturated heterocycles. The van der Waals surface area contributed by atoms with E-state index in [0.717, 1.165) is 12.3 Å². The lowest BCUT2D eigenvalue weighted by atomic mass is 9.82. The van der Waals surface area contributed by atoms with Crippen LogP contribution in [0.15, 0.2) is 18.2 Å². The topological polar surface area (TPSA) is 41.5 Å². The first-order valence-electron chi connectivity index (χ1n) is 7.78. The Bertz CT molecular complexity index is 417. The van der Waals surface area contributed by atoms with Crippen LogP contribution in [0.5, 0.6) is 5.75 Å². The predicted octanol–water partition coefficient (Wildman–Crippen LogP) is 3.31. The Labute approximate surface area is 129 Å². The first-order chi connectivity index (χ1) is 9.68. The van der Waals surface area contributed by atoms with E-state index in [-0.39, 0.29) is 5.41 Å². The molecule has 1 aromatic rings. The normalized spacial score (nSPS) is 14.8. The second-order valence-electron chi connectivity index (χ2n) is 7.21. The summed E-state index contributed by atoms with van der Waals surface area (Å²) in [6.07, 6.45) is -0.488. The van der Waals surface area contributed by atoms with E-state index in [1.807, 2.05) is 26.0 Å². The fourth-order valence-corrected chi connectivity index (χ4v) is 2.04. The van der Waals surface area contributed by atoms with Gasteiger partial charge in [-0.05, 0) is 55.0 Å². The molecular weight excluding hydrogens is 262 g/mol. The number of aliphatic hydroxyl groups is 1. The van der Waals surface area contributed by atoms with Crippen molar-refractivity contribution >= 4 is 0 Å². The fraction of sp³-hybridized carbons (Fsp3) is 0.667. The number of aliphatic hydroxyl groups excluding tert-OH is 1. The SMILES string of the molecule is Cc1cc(C)cc(OCC(O)CNCC(C)C(C)(C)C)c1. The van der Waals surface area contributed by atoms with Gasteiger partial charge in [-0.1, -0.05) is 33.8 Å². The molecule has 0 saturated carbocycles. The summed E-state index contributed by atoms with van der Waals surface area (Å²) in [4.78, 5) is 0. The molecule has 1 aromatic carbocycles. The summed E-state index contributed by atoms with van der Waals surface area (Å²) in [5.41, 5.74) is 2.64. The van der Waals surface area contributed by atoms with E-state index in [0.29, 0.717) is 19.1 Å². The minimum absolute atomic E-state index is 0.285. The quantitative estimate of drug-likeness (QED) is 0.810. The highest BCUT2D eigenvalue weighted by Gasteiger charge is 2.19. The molecular formula is C18H31NO2. The third-order valence-corrected chi connectivity index (χ3v) is 3.95. The highest BCUT2D eigenvalue weighted by Crippen LogP contribution is 2.24. The Morgan fingerprint density at radius 1 is 1.10 bits per heavy atom. The second kappa shape index (κ2) is 7.81. The van der Waals surface area contributed by atoms with Crippen LogP contribution in [-0.4, -0.2) is 30.9 Å². The van der Waals surface area contributed by atoms with Crippen molar-refractivity contribution in [2.75, 3.05) is 19.7 Å². The number of hydrogen-bond donors (Lipinski definition) is 2. The average Bonchev–Trinajstić information content (AvgIpc) is 2.34. The standard InChI is InChI=1S/C18H31NO2/c1-13-7-14(2)9-17(8-13)21-12-16(20)11-19-10-15(3)18(4,5)6/h7-9,15-16,19-20H,10-12H2,1-6H3. The van der Waals surface area contributed by atoms with Gasteiger partial charge in [0, 0.05) is 6.54 Å². The number of benzene rings is 1. The first kappa shape index (κ1) is 18.0. The lowest BCUT2D eigenvalue weighted by Gasteiger charge is -2.27. The molecule has 1 rings (SSSR count). The second-order valence-corrected chi connectivity index (χ2v) is 7.21. The van der Waals surface area contributed by atoms with E-state index >= 15 is 0 Å². The molecule has 0 aliphatic heterocycles. The van der Waals surface area contributed by atoms with Crippen molar-refractivity contribution < 1.29 is 9.84 Å². The molecule has 0 fully saturated rings. The highest BCUT2D eigenvalue weighted by atomic mass is 16.5. The predicted molar refractivity (Wildman–Crippen MR) is 88.9 cm³/mol. The number of hydrogen-bond acceptors (Lipinski definition) is 3. The summed E-state index contributed by atoms with van der Waals surface area (Å²) in [6, 6.07) is 6.10. The van der Waals surface area contributed by atoms with Crippen LogP contribution < -0.4 is 10.1 Å². The van der Waals surface area contributed by atoms with Gasteiger partial charge in [-0.3, -0.25) is 0 Å². The van der Waals surface area contributed by atoms with Gasteiger partial charge in [0.2, 0.25) is 0 Å². The van der Waals surface area contributed by atoms with Crippen LogP contribution in [0.2, 0.25) is 0 Å². The number of nitrogens with one attached hydrogen (secondary N) is 1. The largest absolute Gasteiger partial charge is 0.491 e. The molecule has 0 bridgehead atoms. The minimum Gasteiger partial charge on any atom is -0.491 e. The van der Waals surface area contributed by atoms with Crippen LogP contribution in [0, 0.1) is 25.2 Å². The molecule has 0 amide bonds. The van der Waals surface area contributed by atoms with Crippen molar-refractivity contribution in [1.82, 2.24) is 5.32 Å². The number of ether oxygens (including phenoxy) is 1. The summed E-state index contributed by atoms with van der Waals surface area (Å²) < 4.78 is 5.66. The smallest absolute Gasteiger partial charge is 0.119 e. The van der Waals surface area contributed by atoms with E-state index in [1.165, 1.54) is 11.1 Å². The van der Waals surface area contributed by atoms with Gasteiger partial charge in [-0.25, -0.2) is 0 Å². The molecule has 2 atom stereocenters. The lowest BCUT2D eigenvalue weighted by molar-refractivity contribution is 0.103. The number of rotatable bonds is 7. The van der Waals surface area contributed by atoms with Crippen molar-refractivity contribution in [2.45, 2.75) is 47.6 Å². The summed E-state index contributed by atoms with van der Waals surface area (Å²) >= 11 is 0.